The van der Waals surface area contributed by atoms with Crippen molar-refractivity contribution in [1.82, 2.24) is 0 Å². The quantitative estimate of drug-likeness (QED) is 0.156. The maximum absolute atomic E-state index is 12.4. The fourth-order valence-electron chi connectivity index (χ4n) is 3.09. The Morgan fingerprint density at radius 1 is 0.969 bits per heavy atom. The van der Waals surface area contributed by atoms with Crippen LogP contribution in [0, 0.1) is 35.8 Å². The summed E-state index contributed by atoms with van der Waals surface area (Å²) < 4.78 is 15.8. The molecule has 2 aromatic carbocycles. The summed E-state index contributed by atoms with van der Waals surface area (Å²) in [6.45, 7) is 9.73. The smallest absolute Gasteiger partial charge is 0.429 e. The molecule has 172 valence electrons. The Labute approximate surface area is 187 Å². The van der Waals surface area contributed by atoms with E-state index in [9.17, 15) is 19.7 Å². The summed E-state index contributed by atoms with van der Waals surface area (Å²) >= 11 is 0. The Hall–Kier alpha value is -3.42. The number of ether oxygens (including phenoxy) is 3. The summed E-state index contributed by atoms with van der Waals surface area (Å²) in [5, 5.41) is 10.7. The molecule has 1 atom stereocenters. The van der Waals surface area contributed by atoms with Gasteiger partial charge in [0.25, 0.3) is 5.69 Å². The minimum absolute atomic E-state index is 0.0352. The molecular weight excluding hydrogens is 414 g/mol. The van der Waals surface area contributed by atoms with Crippen molar-refractivity contribution in [1.29, 1.82) is 0 Å². The number of esters is 1. The molecule has 2 rings (SSSR count). The number of nitro benzene ring substituents is 1. The monoisotopic (exact) mass is 443 g/mol. The van der Waals surface area contributed by atoms with Crippen molar-refractivity contribution in [2.45, 2.75) is 54.1 Å². The van der Waals surface area contributed by atoms with Crippen LogP contribution >= 0.6 is 0 Å². The van der Waals surface area contributed by atoms with Crippen molar-refractivity contribution in [2.75, 3.05) is 0 Å². The molecule has 2 aromatic rings. The van der Waals surface area contributed by atoms with E-state index in [-0.39, 0.29) is 29.9 Å². The molecule has 8 nitrogen and oxygen atoms in total. The van der Waals surface area contributed by atoms with Gasteiger partial charge in [0.15, 0.2) is 0 Å². The number of nitro groups is 1. The highest BCUT2D eigenvalue weighted by molar-refractivity contribution is 5.75. The topological polar surface area (TPSA) is 105 Å². The number of rotatable bonds is 9. The van der Waals surface area contributed by atoms with Gasteiger partial charge in [0.2, 0.25) is 0 Å². The lowest BCUT2D eigenvalue weighted by Gasteiger charge is -2.16. The second-order valence-corrected chi connectivity index (χ2v) is 8.24. The van der Waals surface area contributed by atoms with E-state index in [1.54, 1.807) is 12.1 Å². The van der Waals surface area contributed by atoms with Gasteiger partial charge in [0.1, 0.15) is 18.1 Å². The summed E-state index contributed by atoms with van der Waals surface area (Å²) in [6, 6.07) is 8.68. The number of carbonyl (C=O) groups is 2. The van der Waals surface area contributed by atoms with E-state index in [2.05, 4.69) is 13.8 Å². The average molecular weight is 443 g/mol. The molecule has 0 bridgehead atoms. The standard InChI is InChI=1S/C24H29NO7/c1-15(2)6-7-16(3)23(26)32-22-17(4)12-19(13-18(22)5)14-30-24(27)31-21-10-8-20(9-11-21)25(28)29/h8-13,15-16H,6-7,14H2,1-5H3. The fraction of sp³-hybridized carbons (Fsp3) is 0.417. The van der Waals surface area contributed by atoms with Gasteiger partial charge in [0.05, 0.1) is 10.8 Å². The first-order chi connectivity index (χ1) is 15.1. The van der Waals surface area contributed by atoms with Gasteiger partial charge in [-0.3, -0.25) is 14.9 Å². The van der Waals surface area contributed by atoms with E-state index in [4.69, 9.17) is 14.2 Å². The number of aryl methyl sites for hydroxylation is 2. The van der Waals surface area contributed by atoms with Crippen LogP contribution in [0.5, 0.6) is 11.5 Å². The van der Waals surface area contributed by atoms with Gasteiger partial charge >= 0.3 is 12.1 Å². The van der Waals surface area contributed by atoms with E-state index in [0.717, 1.165) is 24.0 Å². The minimum Gasteiger partial charge on any atom is -0.429 e. The summed E-state index contributed by atoms with van der Waals surface area (Å²) in [5.41, 5.74) is 2.13. The molecule has 0 aliphatic carbocycles. The summed E-state index contributed by atoms with van der Waals surface area (Å²) in [4.78, 5) is 34.5. The lowest BCUT2D eigenvalue weighted by atomic mass is 9.99. The van der Waals surface area contributed by atoms with Gasteiger partial charge in [0, 0.05) is 12.1 Å². The van der Waals surface area contributed by atoms with Crippen LogP contribution in [0.15, 0.2) is 36.4 Å². The van der Waals surface area contributed by atoms with Gasteiger partial charge in [-0.05, 0) is 67.1 Å². The van der Waals surface area contributed by atoms with Gasteiger partial charge in [-0.1, -0.05) is 27.2 Å². The van der Waals surface area contributed by atoms with Crippen LogP contribution in [0.25, 0.3) is 0 Å². The highest BCUT2D eigenvalue weighted by atomic mass is 16.7. The Morgan fingerprint density at radius 3 is 2.09 bits per heavy atom. The van der Waals surface area contributed by atoms with Crippen LogP contribution in [0.1, 0.15) is 50.3 Å². The lowest BCUT2D eigenvalue weighted by molar-refractivity contribution is -0.384. The predicted octanol–water partition coefficient (Wildman–Crippen LogP) is 5.90. The second-order valence-electron chi connectivity index (χ2n) is 8.24. The molecule has 1 unspecified atom stereocenters. The van der Waals surface area contributed by atoms with E-state index < -0.39 is 11.1 Å². The maximum atomic E-state index is 12.4. The molecule has 0 radical (unpaired) electrons. The van der Waals surface area contributed by atoms with E-state index in [1.807, 2.05) is 20.8 Å². The highest BCUT2D eigenvalue weighted by Crippen LogP contribution is 2.27. The largest absolute Gasteiger partial charge is 0.514 e. The molecule has 0 heterocycles. The summed E-state index contributed by atoms with van der Waals surface area (Å²) in [5.74, 6) is 0.742. The molecule has 0 fully saturated rings. The number of nitrogens with zero attached hydrogens (tertiary/aromatic N) is 1. The highest BCUT2D eigenvalue weighted by Gasteiger charge is 2.19. The number of non-ortho nitro benzene ring substituents is 1. The van der Waals surface area contributed by atoms with Gasteiger partial charge in [-0.25, -0.2) is 4.79 Å². The average Bonchev–Trinajstić information content (AvgIpc) is 2.73. The first kappa shape index (κ1) is 24.8. The third-order valence-corrected chi connectivity index (χ3v) is 4.91. The zero-order valence-corrected chi connectivity index (χ0v) is 19.0. The fourth-order valence-corrected chi connectivity index (χ4v) is 3.09. The molecule has 32 heavy (non-hydrogen) atoms. The molecular formula is C24H29NO7. The number of benzene rings is 2. The third-order valence-electron chi connectivity index (χ3n) is 4.91. The SMILES string of the molecule is Cc1cc(COC(=O)Oc2ccc([N+](=O)[O-])cc2)cc(C)c1OC(=O)C(C)CCC(C)C. The molecule has 0 N–H and O–H groups in total. The molecule has 0 aromatic heterocycles. The van der Waals surface area contributed by atoms with Crippen molar-refractivity contribution in [3.05, 3.63) is 63.2 Å². The molecule has 0 spiro atoms. The van der Waals surface area contributed by atoms with Crippen molar-refractivity contribution >= 4 is 17.8 Å². The van der Waals surface area contributed by atoms with Crippen LogP contribution in [0.2, 0.25) is 0 Å². The van der Waals surface area contributed by atoms with Crippen LogP contribution < -0.4 is 9.47 Å². The Bertz CT molecular complexity index is 944. The molecule has 8 heteroatoms. The normalized spacial score (nSPS) is 11.7. The van der Waals surface area contributed by atoms with E-state index in [1.165, 1.54) is 24.3 Å². The Kier molecular flexibility index (Phi) is 8.75. The maximum Gasteiger partial charge on any atom is 0.514 e. The lowest BCUT2D eigenvalue weighted by Crippen LogP contribution is -2.19. The van der Waals surface area contributed by atoms with Gasteiger partial charge < -0.3 is 14.2 Å². The van der Waals surface area contributed by atoms with Crippen molar-refractivity contribution in [2.24, 2.45) is 11.8 Å². The van der Waals surface area contributed by atoms with Crippen LogP contribution in [-0.4, -0.2) is 17.0 Å². The van der Waals surface area contributed by atoms with Crippen LogP contribution in [0.4, 0.5) is 10.5 Å². The van der Waals surface area contributed by atoms with Gasteiger partial charge in [-0.15, -0.1) is 0 Å². The second kappa shape index (κ2) is 11.3. The van der Waals surface area contributed by atoms with E-state index in [0.29, 0.717) is 17.2 Å². The first-order valence-electron chi connectivity index (χ1n) is 10.5. The number of hydrogen-bond donors (Lipinski definition) is 0. The zero-order valence-electron chi connectivity index (χ0n) is 19.0. The Morgan fingerprint density at radius 2 is 1.56 bits per heavy atom. The Balaban J connectivity index is 1.94. The predicted molar refractivity (Wildman–Crippen MR) is 119 cm³/mol. The molecule has 0 aliphatic rings. The van der Waals surface area contributed by atoms with Crippen molar-refractivity contribution in [3.63, 3.8) is 0 Å². The summed E-state index contributed by atoms with van der Waals surface area (Å²) in [7, 11) is 0. The van der Waals surface area contributed by atoms with Crippen molar-refractivity contribution in [3.8, 4) is 11.5 Å². The zero-order chi connectivity index (χ0) is 23.8. The van der Waals surface area contributed by atoms with Crippen LogP contribution in [0.3, 0.4) is 0 Å². The molecule has 0 amide bonds. The minimum atomic E-state index is -0.927. The molecule has 0 saturated carbocycles. The first-order valence-corrected chi connectivity index (χ1v) is 10.5. The van der Waals surface area contributed by atoms with Gasteiger partial charge in [-0.2, -0.15) is 0 Å². The molecule has 0 saturated heterocycles. The number of hydrogen-bond acceptors (Lipinski definition) is 7. The van der Waals surface area contributed by atoms with E-state index >= 15 is 0 Å². The van der Waals surface area contributed by atoms with Crippen LogP contribution in [-0.2, 0) is 16.1 Å². The number of carbonyl (C=O) groups excluding carboxylic acids is 2. The van der Waals surface area contributed by atoms with Crippen molar-refractivity contribution < 1.29 is 28.7 Å². The third kappa shape index (κ3) is 7.37. The molecule has 0 aliphatic heterocycles. The summed E-state index contributed by atoms with van der Waals surface area (Å²) in [6.07, 6.45) is 0.807.